The number of nitrogens with zero attached hydrogens (tertiary/aromatic N) is 4. The predicted octanol–water partition coefficient (Wildman–Crippen LogP) is 2.38. The van der Waals surface area contributed by atoms with Gasteiger partial charge in [-0.25, -0.2) is 0 Å². The quantitative estimate of drug-likeness (QED) is 0.910. The van der Waals surface area contributed by atoms with Crippen molar-refractivity contribution in [3.8, 4) is 0 Å². The van der Waals surface area contributed by atoms with Crippen molar-refractivity contribution >= 4 is 11.5 Å². The first-order valence-electron chi connectivity index (χ1n) is 8.08. The van der Waals surface area contributed by atoms with E-state index in [9.17, 15) is 5.11 Å². The molecule has 0 aromatic carbocycles. The number of fused-ring (bicyclic) bond motifs is 1. The highest BCUT2D eigenvalue weighted by Crippen LogP contribution is 2.25. The monoisotopic (exact) mass is 303 g/mol. The molecule has 6 heteroatoms. The van der Waals surface area contributed by atoms with Gasteiger partial charge in [0.1, 0.15) is 5.82 Å². The molecule has 0 spiro atoms. The van der Waals surface area contributed by atoms with Crippen LogP contribution in [0.4, 0.5) is 5.82 Å². The topological polar surface area (TPSA) is 75.3 Å². The third kappa shape index (κ3) is 3.21. The summed E-state index contributed by atoms with van der Waals surface area (Å²) in [4.78, 5) is 0. The molecule has 1 saturated carbocycles. The first kappa shape index (κ1) is 15.2. The molecule has 2 aromatic heterocycles. The Bertz CT molecular complexity index is 646. The maximum Gasteiger partial charge on any atom is 0.178 e. The smallest absolute Gasteiger partial charge is 0.178 e. The zero-order valence-corrected chi connectivity index (χ0v) is 13.6. The molecule has 2 unspecified atom stereocenters. The molecular weight excluding hydrogens is 278 g/mol. The van der Waals surface area contributed by atoms with Gasteiger partial charge in [-0.3, -0.25) is 0 Å². The largest absolute Gasteiger partial charge is 0.393 e. The molecule has 0 amide bonds. The number of hydrogen-bond acceptors (Lipinski definition) is 5. The number of aliphatic hydroxyl groups excluding tert-OH is 1. The summed E-state index contributed by atoms with van der Waals surface area (Å²) < 4.78 is 1.82. The lowest BCUT2D eigenvalue weighted by Gasteiger charge is -2.26. The summed E-state index contributed by atoms with van der Waals surface area (Å²) in [7, 11) is 0. The van der Waals surface area contributed by atoms with Gasteiger partial charge in [-0.2, -0.15) is 4.52 Å². The van der Waals surface area contributed by atoms with Gasteiger partial charge in [0, 0.05) is 12.0 Å². The fraction of sp³-hybridized carbons (Fsp3) is 0.688. The predicted molar refractivity (Wildman–Crippen MR) is 85.9 cm³/mol. The Kier molecular flexibility index (Phi) is 4.04. The van der Waals surface area contributed by atoms with Crippen LogP contribution in [0.25, 0.3) is 5.65 Å². The van der Waals surface area contributed by atoms with Gasteiger partial charge < -0.3 is 10.4 Å². The molecule has 1 aliphatic rings. The van der Waals surface area contributed by atoms with Gasteiger partial charge in [0.05, 0.1) is 6.10 Å². The highest BCUT2D eigenvalue weighted by Gasteiger charge is 2.22. The molecule has 0 bridgehead atoms. The maximum absolute atomic E-state index is 9.75. The second-order valence-electron chi connectivity index (χ2n) is 7.33. The lowest BCUT2D eigenvalue weighted by Crippen LogP contribution is -2.25. The van der Waals surface area contributed by atoms with Crippen molar-refractivity contribution in [1.82, 2.24) is 19.8 Å². The number of aromatic nitrogens is 4. The molecule has 1 fully saturated rings. The van der Waals surface area contributed by atoms with E-state index in [0.717, 1.165) is 43.1 Å². The number of hydrogen-bond donors (Lipinski definition) is 2. The first-order valence-corrected chi connectivity index (χ1v) is 8.08. The van der Waals surface area contributed by atoms with Crippen LogP contribution in [0.15, 0.2) is 12.1 Å². The molecule has 2 N–H and O–H groups in total. The Balaban J connectivity index is 1.74. The number of anilines is 1. The van der Waals surface area contributed by atoms with Crippen molar-refractivity contribution in [1.29, 1.82) is 0 Å². The van der Waals surface area contributed by atoms with Crippen LogP contribution in [0.1, 0.15) is 52.3 Å². The molecule has 0 saturated heterocycles. The molecule has 120 valence electrons. The number of aliphatic hydroxyl groups is 1. The lowest BCUT2D eigenvalue weighted by molar-refractivity contribution is 0.104. The zero-order chi connectivity index (χ0) is 15.7. The normalized spacial score (nSPS) is 22.9. The Morgan fingerprint density at radius 1 is 1.27 bits per heavy atom. The SMILES string of the molecule is CC(C)(C)c1nnc2ccc(NCC3CCCC(O)C3)nn12. The van der Waals surface area contributed by atoms with Gasteiger partial charge in [-0.15, -0.1) is 15.3 Å². The minimum Gasteiger partial charge on any atom is -0.393 e. The van der Waals surface area contributed by atoms with E-state index < -0.39 is 0 Å². The average molecular weight is 303 g/mol. The molecule has 6 nitrogen and oxygen atoms in total. The molecule has 3 rings (SSSR count). The van der Waals surface area contributed by atoms with E-state index in [2.05, 4.69) is 41.4 Å². The Hall–Kier alpha value is -1.69. The van der Waals surface area contributed by atoms with Crippen molar-refractivity contribution < 1.29 is 5.11 Å². The van der Waals surface area contributed by atoms with Crippen LogP contribution in [0.2, 0.25) is 0 Å². The van der Waals surface area contributed by atoms with Crippen LogP contribution in [0, 0.1) is 5.92 Å². The minimum atomic E-state index is -0.138. The van der Waals surface area contributed by atoms with Crippen molar-refractivity contribution in [2.24, 2.45) is 5.92 Å². The van der Waals surface area contributed by atoms with Crippen LogP contribution < -0.4 is 5.32 Å². The molecular formula is C16H25N5O. The van der Waals surface area contributed by atoms with E-state index in [4.69, 9.17) is 0 Å². The third-order valence-electron chi connectivity index (χ3n) is 4.26. The summed E-state index contributed by atoms with van der Waals surface area (Å²) in [5.74, 6) is 2.21. The van der Waals surface area contributed by atoms with Gasteiger partial charge in [0.15, 0.2) is 11.5 Å². The van der Waals surface area contributed by atoms with Crippen molar-refractivity contribution in [3.05, 3.63) is 18.0 Å². The van der Waals surface area contributed by atoms with Crippen molar-refractivity contribution in [3.63, 3.8) is 0 Å². The molecule has 0 aliphatic heterocycles. The minimum absolute atomic E-state index is 0.0987. The van der Waals surface area contributed by atoms with E-state index in [1.54, 1.807) is 0 Å². The van der Waals surface area contributed by atoms with Crippen LogP contribution in [0.5, 0.6) is 0 Å². The van der Waals surface area contributed by atoms with Gasteiger partial charge in [-0.1, -0.05) is 27.2 Å². The van der Waals surface area contributed by atoms with Gasteiger partial charge in [0.2, 0.25) is 0 Å². The molecule has 22 heavy (non-hydrogen) atoms. The molecule has 2 atom stereocenters. The Morgan fingerprint density at radius 2 is 2.09 bits per heavy atom. The fourth-order valence-electron chi connectivity index (χ4n) is 3.05. The van der Waals surface area contributed by atoms with Crippen LogP contribution >= 0.6 is 0 Å². The average Bonchev–Trinajstić information content (AvgIpc) is 2.88. The molecule has 0 radical (unpaired) electrons. The lowest BCUT2D eigenvalue weighted by atomic mass is 9.87. The van der Waals surface area contributed by atoms with Crippen LogP contribution in [-0.2, 0) is 5.41 Å². The zero-order valence-electron chi connectivity index (χ0n) is 13.6. The summed E-state index contributed by atoms with van der Waals surface area (Å²) in [6.07, 6.45) is 3.97. The van der Waals surface area contributed by atoms with E-state index in [0.29, 0.717) is 5.92 Å². The van der Waals surface area contributed by atoms with Gasteiger partial charge >= 0.3 is 0 Å². The first-order chi connectivity index (χ1) is 10.4. The number of rotatable bonds is 3. The van der Waals surface area contributed by atoms with Crippen molar-refractivity contribution in [2.75, 3.05) is 11.9 Å². The van der Waals surface area contributed by atoms with Gasteiger partial charge in [0.25, 0.3) is 0 Å². The maximum atomic E-state index is 9.75. The summed E-state index contributed by atoms with van der Waals surface area (Å²) in [6.45, 7) is 7.17. The van der Waals surface area contributed by atoms with E-state index in [-0.39, 0.29) is 11.5 Å². The third-order valence-corrected chi connectivity index (χ3v) is 4.26. The van der Waals surface area contributed by atoms with Crippen LogP contribution in [-0.4, -0.2) is 37.6 Å². The van der Waals surface area contributed by atoms with E-state index >= 15 is 0 Å². The Morgan fingerprint density at radius 3 is 2.82 bits per heavy atom. The fourth-order valence-corrected chi connectivity index (χ4v) is 3.05. The summed E-state index contributed by atoms with van der Waals surface area (Å²) in [5, 5.41) is 26.2. The Labute approximate surface area is 130 Å². The molecule has 2 heterocycles. The van der Waals surface area contributed by atoms with Crippen LogP contribution in [0.3, 0.4) is 0 Å². The standard InChI is InChI=1S/C16H25N5O/c1-16(2,3)15-19-18-14-8-7-13(20-21(14)15)17-10-11-5-4-6-12(22)9-11/h7-8,11-12,22H,4-6,9-10H2,1-3H3,(H,17,20). The summed E-state index contributed by atoms with van der Waals surface area (Å²) in [5.41, 5.74) is 0.668. The molecule has 2 aromatic rings. The highest BCUT2D eigenvalue weighted by molar-refractivity contribution is 5.44. The number of nitrogens with one attached hydrogen (secondary N) is 1. The van der Waals surface area contributed by atoms with E-state index in [1.165, 1.54) is 6.42 Å². The highest BCUT2D eigenvalue weighted by atomic mass is 16.3. The summed E-state index contributed by atoms with van der Waals surface area (Å²) in [6, 6.07) is 3.88. The molecule has 1 aliphatic carbocycles. The second kappa shape index (κ2) is 5.83. The second-order valence-corrected chi connectivity index (χ2v) is 7.33. The van der Waals surface area contributed by atoms with E-state index in [1.807, 2.05) is 16.6 Å². The van der Waals surface area contributed by atoms with Gasteiger partial charge in [-0.05, 0) is 37.3 Å². The summed E-state index contributed by atoms with van der Waals surface area (Å²) >= 11 is 0. The van der Waals surface area contributed by atoms with Crippen molar-refractivity contribution in [2.45, 2.75) is 58.0 Å².